The topological polar surface area (TPSA) is 44.9 Å². The number of rotatable bonds is 8. The van der Waals surface area contributed by atoms with Crippen LogP contribution in [0, 0.1) is 18.8 Å². The van der Waals surface area contributed by atoms with Crippen LogP contribution in [0.1, 0.15) is 122 Å². The molecular weight excluding hydrogens is 649 g/mol. The van der Waals surface area contributed by atoms with Crippen LogP contribution in [0.3, 0.4) is 0 Å². The van der Waals surface area contributed by atoms with Gasteiger partial charge in [-0.1, -0.05) is 92.2 Å². The Labute approximate surface area is 317 Å². The van der Waals surface area contributed by atoms with Gasteiger partial charge in [-0.3, -0.25) is 4.57 Å². The van der Waals surface area contributed by atoms with Crippen LogP contribution in [0.25, 0.3) is 33.3 Å². The molecule has 0 saturated heterocycles. The number of ether oxygens (including phenoxy) is 1. The molecule has 276 valence electrons. The fraction of sp³-hybridized carbons (Fsp3) is 0.417. The first kappa shape index (κ1) is 36.7. The zero-order valence-electron chi connectivity index (χ0n) is 33.8. The lowest BCUT2D eigenvalue weighted by Gasteiger charge is -2.34. The second-order valence-corrected chi connectivity index (χ2v) is 18.1. The largest absolute Gasteiger partial charge is 0.457 e. The highest BCUT2D eigenvalue weighted by Gasteiger charge is 2.39. The van der Waals surface area contributed by atoms with Crippen molar-refractivity contribution in [1.29, 1.82) is 0 Å². The number of para-hydroxylation sites is 1. The van der Waals surface area contributed by atoms with Crippen LogP contribution >= 0.6 is 0 Å². The third-order valence-corrected chi connectivity index (χ3v) is 11.0. The van der Waals surface area contributed by atoms with E-state index in [1.165, 1.54) is 50.8 Å². The van der Waals surface area contributed by atoms with Crippen molar-refractivity contribution in [1.82, 2.24) is 19.3 Å². The van der Waals surface area contributed by atoms with Gasteiger partial charge in [0.15, 0.2) is 0 Å². The van der Waals surface area contributed by atoms with Gasteiger partial charge in [0.1, 0.15) is 17.3 Å². The van der Waals surface area contributed by atoms with E-state index in [0.717, 1.165) is 53.3 Å². The summed E-state index contributed by atoms with van der Waals surface area (Å²) in [6, 6.07) is 26.0. The Morgan fingerprint density at radius 1 is 0.830 bits per heavy atom. The summed E-state index contributed by atoms with van der Waals surface area (Å²) in [4.78, 5) is 4.79. The number of aromatic nitrogens is 4. The molecule has 1 aliphatic carbocycles. The summed E-state index contributed by atoms with van der Waals surface area (Å²) in [5.41, 5.74) is 10.9. The predicted octanol–water partition coefficient (Wildman–Crippen LogP) is 13.1. The van der Waals surface area contributed by atoms with E-state index in [-0.39, 0.29) is 10.8 Å². The van der Waals surface area contributed by atoms with Gasteiger partial charge in [0, 0.05) is 51.4 Å². The van der Waals surface area contributed by atoms with E-state index in [9.17, 15) is 0 Å². The number of benzene rings is 3. The van der Waals surface area contributed by atoms with Gasteiger partial charge in [0.2, 0.25) is 0 Å². The quantitative estimate of drug-likeness (QED) is 0.148. The van der Waals surface area contributed by atoms with Gasteiger partial charge in [0.25, 0.3) is 0 Å². The Hall–Kier alpha value is -4.64. The van der Waals surface area contributed by atoms with E-state index in [1.54, 1.807) is 0 Å². The second-order valence-electron chi connectivity index (χ2n) is 18.1. The van der Waals surface area contributed by atoms with Crippen molar-refractivity contribution in [3.63, 3.8) is 0 Å². The van der Waals surface area contributed by atoms with Gasteiger partial charge in [-0.05, 0) is 105 Å². The molecule has 1 aliphatic rings. The molecule has 0 radical (unpaired) electrons. The molecule has 1 unspecified atom stereocenters. The van der Waals surface area contributed by atoms with E-state index in [4.69, 9.17) is 14.8 Å². The molecule has 2 atom stereocenters. The van der Waals surface area contributed by atoms with Crippen LogP contribution in [0.15, 0.2) is 90.6 Å². The highest BCUT2D eigenvalue weighted by Crippen LogP contribution is 2.47. The molecule has 53 heavy (non-hydrogen) atoms. The predicted molar refractivity (Wildman–Crippen MR) is 222 cm³/mol. The Morgan fingerprint density at radius 3 is 2.28 bits per heavy atom. The van der Waals surface area contributed by atoms with Gasteiger partial charge in [-0.2, -0.15) is 5.10 Å². The third kappa shape index (κ3) is 7.20. The molecule has 6 aromatic rings. The maximum Gasteiger partial charge on any atom is 0.137 e. The lowest BCUT2D eigenvalue weighted by Crippen LogP contribution is -2.25. The molecule has 0 amide bonds. The highest BCUT2D eigenvalue weighted by atomic mass is 16.5. The summed E-state index contributed by atoms with van der Waals surface area (Å²) in [7, 11) is 0. The molecule has 0 fully saturated rings. The fourth-order valence-electron chi connectivity index (χ4n) is 8.48. The maximum absolute atomic E-state index is 6.90. The molecule has 5 nitrogen and oxygen atoms in total. The smallest absolute Gasteiger partial charge is 0.137 e. The summed E-state index contributed by atoms with van der Waals surface area (Å²) in [5, 5.41) is 7.97. The molecule has 0 N–H and O–H groups in total. The molecule has 7 rings (SSSR count). The van der Waals surface area contributed by atoms with Crippen molar-refractivity contribution in [2.45, 2.75) is 119 Å². The molecule has 5 heteroatoms. The monoisotopic (exact) mass is 706 g/mol. The summed E-state index contributed by atoms with van der Waals surface area (Å²) < 4.78 is 11.4. The molecular formula is C48H58N4O. The van der Waals surface area contributed by atoms with E-state index in [2.05, 4.69) is 158 Å². The molecule has 0 spiro atoms. The highest BCUT2D eigenvalue weighted by molar-refractivity contribution is 6.09. The van der Waals surface area contributed by atoms with Crippen LogP contribution < -0.4 is 4.74 Å². The zero-order chi connectivity index (χ0) is 37.8. The molecule has 3 aromatic heterocycles. The first-order valence-corrected chi connectivity index (χ1v) is 19.7. The van der Waals surface area contributed by atoms with Crippen molar-refractivity contribution in [2.24, 2.45) is 11.8 Å². The number of aryl methyl sites for hydroxylation is 2. The lowest BCUT2D eigenvalue weighted by atomic mass is 9.70. The number of fused-ring (bicyclic) bond motifs is 3. The summed E-state index contributed by atoms with van der Waals surface area (Å²) in [5.74, 6) is 4.03. The minimum atomic E-state index is -0.138. The summed E-state index contributed by atoms with van der Waals surface area (Å²) in [6.45, 7) is 25.5. The Morgan fingerprint density at radius 2 is 1.58 bits per heavy atom. The Kier molecular flexibility index (Phi) is 9.68. The number of hydrogen-bond donors (Lipinski definition) is 0. The van der Waals surface area contributed by atoms with E-state index < -0.39 is 0 Å². The van der Waals surface area contributed by atoms with Crippen molar-refractivity contribution in [3.8, 4) is 23.0 Å². The molecule has 3 aromatic carbocycles. The second kappa shape index (κ2) is 14.0. The lowest BCUT2D eigenvalue weighted by molar-refractivity contribution is 0.431. The Bertz CT molecular complexity index is 2320. The minimum Gasteiger partial charge on any atom is -0.457 e. The number of nitrogens with zero attached hydrogens (tertiary/aromatic N) is 4. The zero-order valence-corrected chi connectivity index (χ0v) is 33.8. The number of pyridine rings is 1. The summed E-state index contributed by atoms with van der Waals surface area (Å²) in [6.07, 6.45) is 8.78. The van der Waals surface area contributed by atoms with Gasteiger partial charge in [0.05, 0.1) is 28.1 Å². The van der Waals surface area contributed by atoms with Gasteiger partial charge in [-0.25, -0.2) is 9.67 Å². The first-order chi connectivity index (χ1) is 25.1. The van der Waals surface area contributed by atoms with Crippen molar-refractivity contribution in [2.75, 3.05) is 0 Å². The van der Waals surface area contributed by atoms with Crippen LogP contribution in [0.2, 0.25) is 0 Å². The maximum atomic E-state index is 6.90. The standard InChI is InChI=1S/C48H58N4O/c1-30(2)19-20-34-26-35(52-46(48(9,10)11)44(45(50-52)47(6,7)8)43-32(4)15-14-16-33(43)5)28-37(27-34)53-36-21-22-39-38-17-12-13-18-40(38)51(41(39)29-36)42-25-31(3)23-24-49-42/h12-13,15,17-18,21-30,33,43H,14,16,19-20H2,1-11H3/t33-,43?/m0/s1. The average molecular weight is 707 g/mol. The third-order valence-electron chi connectivity index (χ3n) is 11.0. The first-order valence-electron chi connectivity index (χ1n) is 19.7. The van der Waals surface area contributed by atoms with Crippen LogP contribution in [-0.4, -0.2) is 19.3 Å². The fourth-order valence-corrected chi connectivity index (χ4v) is 8.48. The number of hydrogen-bond acceptors (Lipinski definition) is 3. The van der Waals surface area contributed by atoms with E-state index in [0.29, 0.717) is 17.8 Å². The molecule has 0 saturated carbocycles. The normalized spacial score (nSPS) is 16.9. The molecule has 0 bridgehead atoms. The summed E-state index contributed by atoms with van der Waals surface area (Å²) >= 11 is 0. The molecule has 0 aliphatic heterocycles. The molecule has 3 heterocycles. The van der Waals surface area contributed by atoms with Crippen molar-refractivity contribution < 1.29 is 4.74 Å². The van der Waals surface area contributed by atoms with Gasteiger partial charge >= 0.3 is 0 Å². The SMILES string of the molecule is CC1=CCC[C@H](C)C1c1c(C(C)(C)C)nn(-c2cc(CCC(C)C)cc(Oc3ccc4c5ccccc5n(-c5cc(C)ccn5)c4c3)c2)c1C(C)(C)C. The van der Waals surface area contributed by atoms with Crippen molar-refractivity contribution in [3.05, 3.63) is 119 Å². The van der Waals surface area contributed by atoms with Gasteiger partial charge in [-0.15, -0.1) is 0 Å². The van der Waals surface area contributed by atoms with E-state index in [1.807, 2.05) is 12.3 Å². The number of allylic oxidation sites excluding steroid dienone is 2. The van der Waals surface area contributed by atoms with Crippen LogP contribution in [0.5, 0.6) is 11.5 Å². The van der Waals surface area contributed by atoms with Crippen molar-refractivity contribution >= 4 is 21.8 Å². The average Bonchev–Trinajstić information content (AvgIpc) is 3.65. The van der Waals surface area contributed by atoms with Gasteiger partial charge < -0.3 is 4.74 Å². The van der Waals surface area contributed by atoms with Crippen LogP contribution in [0.4, 0.5) is 0 Å². The van der Waals surface area contributed by atoms with Crippen LogP contribution in [-0.2, 0) is 17.3 Å². The Balaban J connectivity index is 1.40. The van der Waals surface area contributed by atoms with E-state index >= 15 is 0 Å². The minimum absolute atomic E-state index is 0.118.